The lowest BCUT2D eigenvalue weighted by Crippen LogP contribution is -2.37. The highest BCUT2D eigenvalue weighted by Crippen LogP contribution is 2.31. The Morgan fingerprint density at radius 3 is 2.65 bits per heavy atom. The summed E-state index contributed by atoms with van der Waals surface area (Å²) >= 11 is 0. The van der Waals surface area contributed by atoms with E-state index < -0.39 is 4.92 Å². The van der Waals surface area contributed by atoms with Crippen molar-refractivity contribution in [1.29, 1.82) is 0 Å². The lowest BCUT2D eigenvalue weighted by molar-refractivity contribution is -0.384. The van der Waals surface area contributed by atoms with Gasteiger partial charge in [0.25, 0.3) is 11.6 Å². The summed E-state index contributed by atoms with van der Waals surface area (Å²) in [4.78, 5) is 23.9. The van der Waals surface area contributed by atoms with Gasteiger partial charge in [0.1, 0.15) is 5.69 Å². The van der Waals surface area contributed by atoms with Crippen LogP contribution in [0.2, 0.25) is 0 Å². The second kappa shape index (κ2) is 4.40. The first-order valence-corrected chi connectivity index (χ1v) is 5.39. The fraction of sp³-hybridized carbons (Fsp3) is 0.364. The number of carbonyl (C=O) groups is 1. The van der Waals surface area contributed by atoms with Crippen LogP contribution in [0.25, 0.3) is 0 Å². The smallest absolute Gasteiger partial charge is 0.293 e. The average Bonchev–Trinajstić information content (AvgIpc) is 2.26. The zero-order valence-electron chi connectivity index (χ0n) is 9.47. The van der Waals surface area contributed by atoms with Crippen molar-refractivity contribution in [2.45, 2.75) is 6.42 Å². The van der Waals surface area contributed by atoms with Crippen molar-refractivity contribution in [3.05, 3.63) is 33.9 Å². The Bertz CT molecular complexity index is 469. The molecule has 6 nitrogen and oxygen atoms in total. The maximum absolute atomic E-state index is 11.4. The normalized spacial score (nSPS) is 14.1. The van der Waals surface area contributed by atoms with Crippen LogP contribution in [0, 0.1) is 10.1 Å². The van der Waals surface area contributed by atoms with Crippen LogP contribution in [0.4, 0.5) is 11.4 Å². The number of nitro groups is 1. The van der Waals surface area contributed by atoms with E-state index in [1.54, 1.807) is 12.1 Å². The van der Waals surface area contributed by atoms with Crippen molar-refractivity contribution in [1.82, 2.24) is 5.32 Å². The SMILES string of the molecule is CNC(=O)c1ccc(N2CCC2)c([N+](=O)[O-])c1. The van der Waals surface area contributed by atoms with Crippen LogP contribution in [-0.4, -0.2) is 31.0 Å². The van der Waals surface area contributed by atoms with Crippen molar-refractivity contribution in [3.8, 4) is 0 Å². The molecule has 1 fully saturated rings. The van der Waals surface area contributed by atoms with Gasteiger partial charge < -0.3 is 10.2 Å². The Labute approximate surface area is 98.4 Å². The largest absolute Gasteiger partial charge is 0.366 e. The van der Waals surface area contributed by atoms with Gasteiger partial charge in [-0.3, -0.25) is 14.9 Å². The van der Waals surface area contributed by atoms with Gasteiger partial charge in [0, 0.05) is 31.8 Å². The Kier molecular flexibility index (Phi) is 2.95. The monoisotopic (exact) mass is 235 g/mol. The molecule has 0 saturated carbocycles. The number of nitrogens with one attached hydrogen (secondary N) is 1. The summed E-state index contributed by atoms with van der Waals surface area (Å²) in [6.45, 7) is 1.67. The molecule has 0 aromatic heterocycles. The summed E-state index contributed by atoms with van der Waals surface area (Å²) < 4.78 is 0. The lowest BCUT2D eigenvalue weighted by atomic mass is 10.1. The number of nitrogens with zero attached hydrogens (tertiary/aromatic N) is 2. The van der Waals surface area contributed by atoms with Crippen LogP contribution in [0.15, 0.2) is 18.2 Å². The number of nitro benzene ring substituents is 1. The molecule has 90 valence electrons. The first kappa shape index (κ1) is 11.4. The molecule has 1 aromatic rings. The number of benzene rings is 1. The zero-order valence-corrected chi connectivity index (χ0v) is 9.47. The van der Waals surface area contributed by atoms with Gasteiger partial charge in [-0.2, -0.15) is 0 Å². The molecule has 0 spiro atoms. The highest BCUT2D eigenvalue weighted by Gasteiger charge is 2.24. The number of rotatable bonds is 3. The molecule has 1 heterocycles. The van der Waals surface area contributed by atoms with Gasteiger partial charge in [-0.1, -0.05) is 0 Å². The molecule has 0 radical (unpaired) electrons. The second-order valence-corrected chi connectivity index (χ2v) is 3.88. The lowest BCUT2D eigenvalue weighted by Gasteiger charge is -2.32. The van der Waals surface area contributed by atoms with Gasteiger partial charge in [0.15, 0.2) is 0 Å². The van der Waals surface area contributed by atoms with Gasteiger partial charge in [-0.25, -0.2) is 0 Å². The molecule has 1 saturated heterocycles. The quantitative estimate of drug-likeness (QED) is 0.630. The molecule has 6 heteroatoms. The van der Waals surface area contributed by atoms with Gasteiger partial charge in [-0.05, 0) is 18.6 Å². The number of amides is 1. The first-order chi connectivity index (χ1) is 8.13. The fourth-order valence-electron chi connectivity index (χ4n) is 1.78. The molecule has 0 aliphatic carbocycles. The van der Waals surface area contributed by atoms with Gasteiger partial charge >= 0.3 is 0 Å². The summed E-state index contributed by atoms with van der Waals surface area (Å²) in [5, 5.41) is 13.4. The molecular weight excluding hydrogens is 222 g/mol. The van der Waals surface area contributed by atoms with E-state index in [4.69, 9.17) is 0 Å². The second-order valence-electron chi connectivity index (χ2n) is 3.88. The van der Waals surface area contributed by atoms with E-state index in [1.165, 1.54) is 13.1 Å². The Hall–Kier alpha value is -2.11. The highest BCUT2D eigenvalue weighted by molar-refractivity contribution is 5.95. The number of anilines is 1. The van der Waals surface area contributed by atoms with Crippen molar-refractivity contribution in [2.24, 2.45) is 0 Å². The van der Waals surface area contributed by atoms with Crippen LogP contribution in [0.5, 0.6) is 0 Å². The predicted octanol–water partition coefficient (Wildman–Crippen LogP) is 1.16. The summed E-state index contributed by atoms with van der Waals surface area (Å²) in [7, 11) is 1.50. The molecule has 1 aliphatic heterocycles. The minimum atomic E-state index is -0.444. The maximum Gasteiger partial charge on any atom is 0.293 e. The van der Waals surface area contributed by atoms with Crippen LogP contribution in [-0.2, 0) is 0 Å². The van der Waals surface area contributed by atoms with E-state index in [1.807, 2.05) is 4.90 Å². The molecule has 1 amide bonds. The number of carbonyl (C=O) groups excluding carboxylic acids is 1. The van der Waals surface area contributed by atoms with E-state index in [-0.39, 0.29) is 11.6 Å². The summed E-state index contributed by atoms with van der Waals surface area (Å²) in [5.74, 6) is -0.316. The standard InChI is InChI=1S/C11H13N3O3/c1-12-11(15)8-3-4-9(13-5-2-6-13)10(7-8)14(16)17/h3-4,7H,2,5-6H2,1H3,(H,12,15). The van der Waals surface area contributed by atoms with Crippen LogP contribution in [0.3, 0.4) is 0 Å². The van der Waals surface area contributed by atoms with Crippen LogP contribution < -0.4 is 10.2 Å². The molecule has 1 N–H and O–H groups in total. The third-order valence-electron chi connectivity index (χ3n) is 2.86. The van der Waals surface area contributed by atoms with Crippen molar-refractivity contribution in [2.75, 3.05) is 25.0 Å². The summed E-state index contributed by atoms with van der Waals surface area (Å²) in [6, 6.07) is 4.58. The minimum Gasteiger partial charge on any atom is -0.366 e. The van der Waals surface area contributed by atoms with E-state index >= 15 is 0 Å². The molecule has 0 bridgehead atoms. The third-order valence-corrected chi connectivity index (χ3v) is 2.86. The molecule has 1 aromatic carbocycles. The molecule has 17 heavy (non-hydrogen) atoms. The zero-order chi connectivity index (χ0) is 12.4. The Morgan fingerprint density at radius 2 is 2.18 bits per heavy atom. The van der Waals surface area contributed by atoms with E-state index in [0.717, 1.165) is 19.5 Å². The van der Waals surface area contributed by atoms with E-state index in [0.29, 0.717) is 11.3 Å². The molecule has 0 unspecified atom stereocenters. The van der Waals surface area contributed by atoms with Gasteiger partial charge in [0.05, 0.1) is 4.92 Å². The highest BCUT2D eigenvalue weighted by atomic mass is 16.6. The predicted molar refractivity (Wildman–Crippen MR) is 63.3 cm³/mol. The average molecular weight is 235 g/mol. The molecule has 0 atom stereocenters. The Morgan fingerprint density at radius 1 is 1.47 bits per heavy atom. The summed E-state index contributed by atoms with van der Waals surface area (Å²) in [6.07, 6.45) is 1.05. The molecule has 1 aliphatic rings. The fourth-order valence-corrected chi connectivity index (χ4v) is 1.78. The van der Waals surface area contributed by atoms with Crippen molar-refractivity contribution >= 4 is 17.3 Å². The number of hydrogen-bond acceptors (Lipinski definition) is 4. The first-order valence-electron chi connectivity index (χ1n) is 5.39. The third kappa shape index (κ3) is 2.06. The topological polar surface area (TPSA) is 75.5 Å². The molecule has 2 rings (SSSR count). The van der Waals surface area contributed by atoms with E-state index in [2.05, 4.69) is 5.32 Å². The van der Waals surface area contributed by atoms with Crippen LogP contribution in [0.1, 0.15) is 16.8 Å². The van der Waals surface area contributed by atoms with Gasteiger partial charge in [-0.15, -0.1) is 0 Å². The minimum absolute atomic E-state index is 0.00852. The molecular formula is C11H13N3O3. The van der Waals surface area contributed by atoms with E-state index in [9.17, 15) is 14.9 Å². The Balaban J connectivity index is 2.40. The van der Waals surface area contributed by atoms with Crippen molar-refractivity contribution < 1.29 is 9.72 Å². The van der Waals surface area contributed by atoms with Gasteiger partial charge in [0.2, 0.25) is 0 Å². The van der Waals surface area contributed by atoms with Crippen molar-refractivity contribution in [3.63, 3.8) is 0 Å². The van der Waals surface area contributed by atoms with Crippen LogP contribution >= 0.6 is 0 Å². The number of hydrogen-bond donors (Lipinski definition) is 1. The summed E-state index contributed by atoms with van der Waals surface area (Å²) in [5.41, 5.74) is 0.892. The maximum atomic E-state index is 11.4.